The number of hydrogen-bond donors (Lipinski definition) is 1. The van der Waals surface area contributed by atoms with E-state index in [1.165, 1.54) is 0 Å². The van der Waals surface area contributed by atoms with Gasteiger partial charge in [-0.25, -0.2) is 0 Å². The van der Waals surface area contributed by atoms with Crippen LogP contribution in [0.15, 0.2) is 30.3 Å². The van der Waals surface area contributed by atoms with E-state index in [4.69, 9.17) is 0 Å². The topological polar surface area (TPSA) is 23.5 Å². The molecule has 0 saturated carbocycles. The van der Waals surface area contributed by atoms with E-state index in [9.17, 15) is 5.11 Å². The molecule has 0 radical (unpaired) electrons. The van der Waals surface area contributed by atoms with Gasteiger partial charge in [-0.05, 0) is 31.0 Å². The molecule has 0 saturated heterocycles. The van der Waals surface area contributed by atoms with Crippen LogP contribution in [0.5, 0.6) is 0 Å². The van der Waals surface area contributed by atoms with E-state index >= 15 is 0 Å². The van der Waals surface area contributed by atoms with Crippen LogP contribution in [0.3, 0.4) is 0 Å². The van der Waals surface area contributed by atoms with Gasteiger partial charge in [0.1, 0.15) is 0 Å². The molecule has 0 heterocycles. The van der Waals surface area contributed by atoms with Crippen molar-refractivity contribution >= 4 is 0 Å². The molecule has 1 aromatic carbocycles. The van der Waals surface area contributed by atoms with Crippen molar-refractivity contribution in [1.82, 2.24) is 4.90 Å². The summed E-state index contributed by atoms with van der Waals surface area (Å²) >= 11 is 0. The summed E-state index contributed by atoms with van der Waals surface area (Å²) in [6.45, 7) is 10.8. The van der Waals surface area contributed by atoms with Gasteiger partial charge in [0.05, 0.1) is 6.10 Å². The first kappa shape index (κ1) is 15.2. The van der Waals surface area contributed by atoms with Crippen molar-refractivity contribution < 1.29 is 5.11 Å². The summed E-state index contributed by atoms with van der Waals surface area (Å²) in [6.07, 6.45) is 0.719. The lowest BCUT2D eigenvalue weighted by Gasteiger charge is -2.37. The minimum absolute atomic E-state index is 0.192. The van der Waals surface area contributed by atoms with Crippen molar-refractivity contribution in [3.63, 3.8) is 0 Å². The molecule has 2 unspecified atom stereocenters. The normalized spacial score (nSPS) is 15.1. The Balaban J connectivity index is 2.90. The Morgan fingerprint density at radius 2 is 1.72 bits per heavy atom. The van der Waals surface area contributed by atoms with E-state index in [1.54, 1.807) is 0 Å². The third-order valence-corrected chi connectivity index (χ3v) is 3.49. The molecule has 102 valence electrons. The van der Waals surface area contributed by atoms with E-state index < -0.39 is 6.10 Å². The van der Waals surface area contributed by atoms with Crippen molar-refractivity contribution in [2.24, 2.45) is 5.92 Å². The summed E-state index contributed by atoms with van der Waals surface area (Å²) in [5.74, 6) is 0.437. The van der Waals surface area contributed by atoms with Gasteiger partial charge in [-0.3, -0.25) is 4.90 Å². The number of aliphatic hydroxyl groups excluding tert-OH is 1. The molecular formula is C16H27NO. The highest BCUT2D eigenvalue weighted by molar-refractivity contribution is 5.19. The van der Waals surface area contributed by atoms with Crippen LogP contribution in [0.1, 0.15) is 45.8 Å². The number of aliphatic hydroxyl groups is 1. The lowest BCUT2D eigenvalue weighted by molar-refractivity contribution is 0.0249. The highest BCUT2D eigenvalue weighted by atomic mass is 16.3. The van der Waals surface area contributed by atoms with Crippen LogP contribution >= 0.6 is 0 Å². The van der Waals surface area contributed by atoms with Crippen molar-refractivity contribution in [1.29, 1.82) is 0 Å². The first-order valence-electron chi connectivity index (χ1n) is 7.08. The minimum Gasteiger partial charge on any atom is -0.387 e. The second-order valence-electron chi connectivity index (χ2n) is 5.22. The second-order valence-corrected chi connectivity index (χ2v) is 5.22. The van der Waals surface area contributed by atoms with Crippen LogP contribution in [0.2, 0.25) is 0 Å². The standard InChI is InChI=1S/C16H27NO/c1-5-12-17(6-2)15(13(3)4)16(18)14-10-8-7-9-11-14/h7-11,13,15-16,18H,5-6,12H2,1-4H3. The third-order valence-electron chi connectivity index (χ3n) is 3.49. The summed E-state index contributed by atoms with van der Waals surface area (Å²) in [5, 5.41) is 10.6. The Labute approximate surface area is 112 Å². The van der Waals surface area contributed by atoms with Crippen molar-refractivity contribution in [2.75, 3.05) is 13.1 Å². The van der Waals surface area contributed by atoms with E-state index in [1.807, 2.05) is 30.3 Å². The van der Waals surface area contributed by atoms with E-state index in [2.05, 4.69) is 32.6 Å². The molecule has 0 bridgehead atoms. The van der Waals surface area contributed by atoms with Gasteiger partial charge in [-0.2, -0.15) is 0 Å². The Kier molecular flexibility index (Phi) is 6.37. The summed E-state index contributed by atoms with van der Waals surface area (Å²) in [5.41, 5.74) is 1.02. The monoisotopic (exact) mass is 249 g/mol. The molecule has 2 heteroatoms. The molecule has 0 aliphatic heterocycles. The van der Waals surface area contributed by atoms with E-state index in [0.717, 1.165) is 25.1 Å². The fourth-order valence-corrected chi connectivity index (χ4v) is 2.64. The first-order valence-corrected chi connectivity index (χ1v) is 7.08. The number of likely N-dealkylation sites (N-methyl/N-ethyl adjacent to an activating group) is 1. The quantitative estimate of drug-likeness (QED) is 0.799. The molecule has 0 aromatic heterocycles. The van der Waals surface area contributed by atoms with Crippen LogP contribution in [-0.4, -0.2) is 29.1 Å². The highest BCUT2D eigenvalue weighted by Crippen LogP contribution is 2.26. The molecular weight excluding hydrogens is 222 g/mol. The Morgan fingerprint density at radius 1 is 1.11 bits per heavy atom. The SMILES string of the molecule is CCCN(CC)C(C(C)C)C(O)c1ccccc1. The molecule has 1 rings (SSSR count). The van der Waals surface area contributed by atoms with E-state index in [-0.39, 0.29) is 6.04 Å². The predicted molar refractivity (Wildman–Crippen MR) is 77.6 cm³/mol. The smallest absolute Gasteiger partial charge is 0.0947 e. The van der Waals surface area contributed by atoms with Gasteiger partial charge in [-0.15, -0.1) is 0 Å². The lowest BCUT2D eigenvalue weighted by Crippen LogP contribution is -2.43. The largest absolute Gasteiger partial charge is 0.387 e. The zero-order valence-electron chi connectivity index (χ0n) is 12.1. The van der Waals surface area contributed by atoms with Crippen molar-refractivity contribution in [3.05, 3.63) is 35.9 Å². The van der Waals surface area contributed by atoms with Crippen LogP contribution in [0, 0.1) is 5.92 Å². The molecule has 0 amide bonds. The van der Waals surface area contributed by atoms with Gasteiger partial charge in [0.15, 0.2) is 0 Å². The molecule has 18 heavy (non-hydrogen) atoms. The summed E-state index contributed by atoms with van der Waals surface area (Å²) in [6, 6.07) is 10.2. The van der Waals surface area contributed by atoms with Gasteiger partial charge >= 0.3 is 0 Å². The predicted octanol–water partition coefficient (Wildman–Crippen LogP) is 3.48. The van der Waals surface area contributed by atoms with Gasteiger partial charge in [-0.1, -0.05) is 58.0 Å². The molecule has 2 atom stereocenters. The summed E-state index contributed by atoms with van der Waals surface area (Å²) < 4.78 is 0. The number of nitrogens with zero attached hydrogens (tertiary/aromatic N) is 1. The molecule has 1 aromatic rings. The Hall–Kier alpha value is -0.860. The fraction of sp³-hybridized carbons (Fsp3) is 0.625. The van der Waals surface area contributed by atoms with Crippen LogP contribution in [0.25, 0.3) is 0 Å². The third kappa shape index (κ3) is 3.82. The molecule has 0 aliphatic rings. The van der Waals surface area contributed by atoms with Crippen LogP contribution in [-0.2, 0) is 0 Å². The molecule has 0 fully saturated rings. The van der Waals surface area contributed by atoms with Gasteiger partial charge in [0, 0.05) is 6.04 Å². The number of benzene rings is 1. The maximum atomic E-state index is 10.6. The molecule has 2 nitrogen and oxygen atoms in total. The lowest BCUT2D eigenvalue weighted by atomic mass is 9.91. The zero-order valence-corrected chi connectivity index (χ0v) is 12.1. The van der Waals surface area contributed by atoms with Crippen LogP contribution in [0.4, 0.5) is 0 Å². The number of rotatable bonds is 7. The maximum Gasteiger partial charge on any atom is 0.0947 e. The van der Waals surface area contributed by atoms with Gasteiger partial charge in [0.25, 0.3) is 0 Å². The fourth-order valence-electron chi connectivity index (χ4n) is 2.64. The average Bonchev–Trinajstić information content (AvgIpc) is 2.38. The Morgan fingerprint density at radius 3 is 2.17 bits per heavy atom. The molecule has 0 spiro atoms. The van der Waals surface area contributed by atoms with Crippen molar-refractivity contribution in [3.8, 4) is 0 Å². The maximum absolute atomic E-state index is 10.6. The zero-order chi connectivity index (χ0) is 13.5. The van der Waals surface area contributed by atoms with Crippen molar-refractivity contribution in [2.45, 2.75) is 46.3 Å². The minimum atomic E-state index is -0.405. The summed E-state index contributed by atoms with van der Waals surface area (Å²) in [4.78, 5) is 2.39. The second kappa shape index (κ2) is 7.55. The highest BCUT2D eigenvalue weighted by Gasteiger charge is 2.28. The Bertz CT molecular complexity index is 323. The van der Waals surface area contributed by atoms with Crippen LogP contribution < -0.4 is 0 Å². The summed E-state index contributed by atoms with van der Waals surface area (Å²) in [7, 11) is 0. The van der Waals surface area contributed by atoms with Gasteiger partial charge in [0.2, 0.25) is 0 Å². The molecule has 0 aliphatic carbocycles. The van der Waals surface area contributed by atoms with Gasteiger partial charge < -0.3 is 5.11 Å². The molecule has 1 N–H and O–H groups in total. The first-order chi connectivity index (χ1) is 8.61. The van der Waals surface area contributed by atoms with E-state index in [0.29, 0.717) is 5.92 Å². The number of hydrogen-bond acceptors (Lipinski definition) is 2. The average molecular weight is 249 g/mol.